The van der Waals surface area contributed by atoms with E-state index in [0.717, 1.165) is 44.4 Å². The average Bonchev–Trinajstić information content (AvgIpc) is 3.51. The van der Waals surface area contributed by atoms with Gasteiger partial charge in [0, 0.05) is 28.9 Å². The number of hydrogen-bond donors (Lipinski definition) is 0. The van der Waals surface area contributed by atoms with Crippen LogP contribution in [0.25, 0.3) is 61.1 Å². The van der Waals surface area contributed by atoms with Gasteiger partial charge in [0.25, 0.3) is 5.82 Å². The summed E-state index contributed by atoms with van der Waals surface area (Å²) in [6.45, 7) is 18.5. The number of fused-ring (bicyclic) bond motifs is 6. The number of benzene rings is 4. The molecule has 5 nitrogen and oxygen atoms in total. The molecule has 222 valence electrons. The summed E-state index contributed by atoms with van der Waals surface area (Å²) >= 11 is 0. The van der Waals surface area contributed by atoms with E-state index in [2.05, 4.69) is 131 Å². The van der Waals surface area contributed by atoms with E-state index in [1.54, 1.807) is 6.20 Å². The monoisotopic (exact) mass is 597 g/mol. The number of aromatic nitrogens is 4. The van der Waals surface area contributed by atoms with Crippen molar-refractivity contribution in [2.75, 3.05) is 0 Å². The van der Waals surface area contributed by atoms with Gasteiger partial charge < -0.3 is 4.42 Å². The van der Waals surface area contributed by atoms with Gasteiger partial charge in [-0.15, -0.1) is 0 Å². The number of hydrogen-bond acceptors (Lipinski definition) is 3. The first-order valence-electron chi connectivity index (χ1n) is 15.7. The highest BCUT2D eigenvalue weighted by atomic mass is 28.3. The summed E-state index contributed by atoms with van der Waals surface area (Å²) in [4.78, 5) is 9.75. The molecular weight excluding hydrogens is 557 g/mol. The first-order valence-corrected chi connectivity index (χ1v) is 19.2. The third-order valence-electron chi connectivity index (χ3n) is 9.17. The van der Waals surface area contributed by atoms with Crippen LogP contribution in [0, 0.1) is 6.92 Å². The Morgan fingerprint density at radius 2 is 1.48 bits per heavy atom. The fourth-order valence-corrected chi connectivity index (χ4v) is 8.44. The Kier molecular flexibility index (Phi) is 6.56. The van der Waals surface area contributed by atoms with Gasteiger partial charge in [0.05, 0.1) is 26.0 Å². The number of para-hydroxylation sites is 3. The lowest BCUT2D eigenvalue weighted by atomic mass is 9.92. The second kappa shape index (κ2) is 10.1. The smallest absolute Gasteiger partial charge is 0.299 e. The van der Waals surface area contributed by atoms with E-state index >= 15 is 0 Å². The molecule has 0 saturated carbocycles. The highest BCUT2D eigenvalue weighted by molar-refractivity contribution is 6.90. The van der Waals surface area contributed by atoms with Gasteiger partial charge >= 0.3 is 0 Å². The van der Waals surface area contributed by atoms with Gasteiger partial charge in [-0.2, -0.15) is 4.57 Å². The van der Waals surface area contributed by atoms with E-state index in [0.29, 0.717) is 11.8 Å². The maximum atomic E-state index is 6.99. The number of nitrogens with zero attached hydrogens (tertiary/aromatic N) is 4. The molecule has 0 unspecified atom stereocenters. The summed E-state index contributed by atoms with van der Waals surface area (Å²) < 4.78 is 11.8. The molecule has 0 aliphatic carbocycles. The van der Waals surface area contributed by atoms with Crippen molar-refractivity contribution in [3.05, 3.63) is 89.7 Å². The predicted octanol–water partition coefficient (Wildman–Crippen LogP) is 9.07. The van der Waals surface area contributed by atoms with E-state index in [-0.39, 0.29) is 0 Å². The highest BCUT2D eigenvalue weighted by Crippen LogP contribution is 2.42. The van der Waals surface area contributed by atoms with Crippen LogP contribution >= 0.6 is 0 Å². The molecule has 44 heavy (non-hydrogen) atoms. The molecule has 0 aliphatic rings. The van der Waals surface area contributed by atoms with Crippen LogP contribution in [0.15, 0.2) is 77.5 Å². The van der Waals surface area contributed by atoms with Crippen LogP contribution in [0.1, 0.15) is 56.2 Å². The molecule has 4 aromatic carbocycles. The molecule has 0 N–H and O–H groups in total. The van der Waals surface area contributed by atoms with Crippen LogP contribution < -0.4 is 9.75 Å². The van der Waals surface area contributed by atoms with Crippen molar-refractivity contribution >= 4 is 57.3 Å². The quantitative estimate of drug-likeness (QED) is 0.147. The zero-order chi connectivity index (χ0) is 31.1. The van der Waals surface area contributed by atoms with E-state index in [1.165, 1.54) is 38.6 Å². The van der Waals surface area contributed by atoms with Crippen molar-refractivity contribution < 1.29 is 8.98 Å². The number of aryl methyl sites for hydroxylation is 2. The molecule has 0 bridgehead atoms. The van der Waals surface area contributed by atoms with Gasteiger partial charge in [-0.1, -0.05) is 89.8 Å². The molecule has 7 aromatic rings. The summed E-state index contributed by atoms with van der Waals surface area (Å²) in [5.41, 5.74) is 12.3. The normalized spacial score (nSPS) is 12.6. The molecule has 0 aliphatic heterocycles. The van der Waals surface area contributed by atoms with E-state index in [9.17, 15) is 0 Å². The predicted molar refractivity (Wildman–Crippen MR) is 186 cm³/mol. The van der Waals surface area contributed by atoms with Crippen LogP contribution in [-0.4, -0.2) is 22.6 Å². The fraction of sp³-hybridized carbons (Fsp3) is 0.289. The minimum absolute atomic E-state index is 0.357. The topological polar surface area (TPSA) is 47.7 Å². The fourth-order valence-electron chi connectivity index (χ4n) is 6.98. The standard InChI is InChI=1S/C38H41N4OSi/c1-22(2)25-13-12-14-26(23(3)4)36(25)42-29-16-11-10-15-28(29)41(6)38(42)32-24(5)17-18-27-33-30(43-37(27)32)21-31(44(7,8)9)34-35(33)40-20-19-39-34/h10-23H,1-9H3/q+1. The third kappa shape index (κ3) is 4.15. The molecule has 0 atom stereocenters. The summed E-state index contributed by atoms with van der Waals surface area (Å²) in [7, 11) is 0.445. The van der Waals surface area contributed by atoms with E-state index in [1.807, 2.05) is 6.20 Å². The molecule has 0 spiro atoms. The van der Waals surface area contributed by atoms with Gasteiger partial charge in [-0.3, -0.25) is 9.97 Å². The second-order valence-corrected chi connectivity index (χ2v) is 18.9. The Morgan fingerprint density at radius 1 is 0.818 bits per heavy atom. The Balaban J connectivity index is 1.68. The molecule has 3 aromatic heterocycles. The summed E-state index contributed by atoms with van der Waals surface area (Å²) in [6.07, 6.45) is 3.62. The lowest BCUT2D eigenvalue weighted by molar-refractivity contribution is -0.633. The molecular formula is C38H41N4OSi+. The van der Waals surface area contributed by atoms with Crippen LogP contribution in [-0.2, 0) is 7.05 Å². The van der Waals surface area contributed by atoms with Crippen LogP contribution in [0.2, 0.25) is 19.6 Å². The van der Waals surface area contributed by atoms with Crippen LogP contribution in [0.4, 0.5) is 0 Å². The maximum absolute atomic E-state index is 6.99. The van der Waals surface area contributed by atoms with Crippen molar-refractivity contribution in [2.45, 2.75) is 66.1 Å². The molecule has 7 rings (SSSR count). The van der Waals surface area contributed by atoms with Crippen LogP contribution in [0.3, 0.4) is 0 Å². The van der Waals surface area contributed by atoms with Gasteiger partial charge in [-0.05, 0) is 47.7 Å². The molecule has 6 heteroatoms. The Labute approximate surface area is 260 Å². The molecule has 0 saturated heterocycles. The van der Waals surface area contributed by atoms with E-state index < -0.39 is 8.07 Å². The van der Waals surface area contributed by atoms with Crippen LogP contribution in [0.5, 0.6) is 0 Å². The van der Waals surface area contributed by atoms with Crippen molar-refractivity contribution in [1.29, 1.82) is 0 Å². The molecule has 3 heterocycles. The van der Waals surface area contributed by atoms with E-state index in [4.69, 9.17) is 14.4 Å². The van der Waals surface area contributed by atoms with Crippen molar-refractivity contribution in [1.82, 2.24) is 14.5 Å². The Morgan fingerprint density at radius 3 is 2.14 bits per heavy atom. The Hall–Kier alpha value is -4.29. The first kappa shape index (κ1) is 28.5. The number of imidazole rings is 1. The molecule has 0 fully saturated rings. The zero-order valence-electron chi connectivity index (χ0n) is 27.3. The summed E-state index contributed by atoms with van der Waals surface area (Å²) in [6, 6.07) is 22.2. The third-order valence-corrected chi connectivity index (χ3v) is 11.2. The number of rotatable bonds is 5. The minimum atomic E-state index is -1.74. The van der Waals surface area contributed by atoms with Crippen molar-refractivity contribution in [2.24, 2.45) is 7.05 Å². The van der Waals surface area contributed by atoms with Gasteiger partial charge in [0.2, 0.25) is 0 Å². The Bertz CT molecular complexity index is 2220. The van der Waals surface area contributed by atoms with Gasteiger partial charge in [0.1, 0.15) is 22.4 Å². The number of furan rings is 1. The minimum Gasteiger partial charge on any atom is -0.455 e. The zero-order valence-corrected chi connectivity index (χ0v) is 28.3. The SMILES string of the molecule is Cc1ccc2c(oc3cc([Si](C)(C)C)c4nccnc4c32)c1-c1n(-c2c(C(C)C)cccc2C(C)C)c2ccccc2[n+]1C. The average molecular weight is 598 g/mol. The van der Waals surface area contributed by atoms with Gasteiger partial charge in [0.15, 0.2) is 16.6 Å². The van der Waals surface area contributed by atoms with Crippen molar-refractivity contribution in [3.63, 3.8) is 0 Å². The molecule has 0 radical (unpaired) electrons. The summed E-state index contributed by atoms with van der Waals surface area (Å²) in [5.74, 6) is 1.83. The maximum Gasteiger partial charge on any atom is 0.299 e. The van der Waals surface area contributed by atoms with Gasteiger partial charge in [-0.25, -0.2) is 4.57 Å². The van der Waals surface area contributed by atoms with Crippen molar-refractivity contribution in [3.8, 4) is 17.1 Å². The largest absolute Gasteiger partial charge is 0.455 e. The second-order valence-electron chi connectivity index (χ2n) is 13.8. The molecule has 0 amide bonds. The lowest BCUT2D eigenvalue weighted by Gasteiger charge is -2.18. The lowest BCUT2D eigenvalue weighted by Crippen LogP contribution is -2.38. The summed E-state index contributed by atoms with van der Waals surface area (Å²) in [5, 5.41) is 3.39. The first-order chi connectivity index (χ1) is 21.0. The highest BCUT2D eigenvalue weighted by Gasteiger charge is 2.34.